The zero-order valence-electron chi connectivity index (χ0n) is 11.7. The number of aromatic nitrogens is 2. The van der Waals surface area contributed by atoms with Crippen LogP contribution in [0.25, 0.3) is 0 Å². The lowest BCUT2D eigenvalue weighted by molar-refractivity contribution is -0.0693. The Morgan fingerprint density at radius 2 is 2.00 bits per heavy atom. The summed E-state index contributed by atoms with van der Waals surface area (Å²) in [6, 6.07) is -0.0867. The maximum Gasteiger partial charge on any atom is 0.274 e. The second-order valence-electron chi connectivity index (χ2n) is 5.99. The van der Waals surface area contributed by atoms with E-state index in [2.05, 4.69) is 15.3 Å². The molecule has 1 saturated heterocycles. The molecule has 0 saturated carbocycles. The van der Waals surface area contributed by atoms with Crippen molar-refractivity contribution in [3.05, 3.63) is 18.1 Å². The smallest absolute Gasteiger partial charge is 0.274 e. The monoisotopic (exact) mass is 264 g/mol. The number of carbonyl (C=O) groups is 1. The largest absolute Gasteiger partial charge is 0.382 e. The number of nitrogens with zero attached hydrogens (tertiary/aromatic N) is 2. The van der Waals surface area contributed by atoms with Crippen molar-refractivity contribution < 1.29 is 9.53 Å². The van der Waals surface area contributed by atoms with E-state index in [1.807, 2.05) is 27.7 Å². The average Bonchev–Trinajstić information content (AvgIpc) is 2.47. The molecule has 19 heavy (non-hydrogen) atoms. The van der Waals surface area contributed by atoms with E-state index in [1.54, 1.807) is 0 Å². The van der Waals surface area contributed by atoms with Crippen molar-refractivity contribution in [3.63, 3.8) is 0 Å². The molecule has 3 N–H and O–H groups in total. The number of nitrogens with two attached hydrogens (primary N) is 1. The number of nitrogens with one attached hydrogen (secondary N) is 1. The van der Waals surface area contributed by atoms with Crippen LogP contribution in [0.2, 0.25) is 0 Å². The zero-order chi connectivity index (χ0) is 14.3. The molecule has 0 aromatic carbocycles. The summed E-state index contributed by atoms with van der Waals surface area (Å²) >= 11 is 0. The van der Waals surface area contributed by atoms with Crippen molar-refractivity contribution in [1.29, 1.82) is 0 Å². The van der Waals surface area contributed by atoms with E-state index in [0.717, 1.165) is 6.42 Å². The molecule has 6 heteroatoms. The third kappa shape index (κ3) is 2.84. The molecule has 1 aliphatic heterocycles. The maximum absolute atomic E-state index is 12.2. The number of rotatable bonds is 2. The van der Waals surface area contributed by atoms with Gasteiger partial charge in [0, 0.05) is 12.4 Å². The molecule has 2 heterocycles. The normalized spacial score (nSPS) is 24.1. The zero-order valence-corrected chi connectivity index (χ0v) is 11.7. The quantitative estimate of drug-likeness (QED) is 0.835. The van der Waals surface area contributed by atoms with E-state index in [1.165, 1.54) is 12.4 Å². The number of carbonyl (C=O) groups excluding carboxylic acids is 1. The van der Waals surface area contributed by atoms with Gasteiger partial charge in [0.05, 0.1) is 17.2 Å². The Hall–Kier alpha value is -1.69. The molecule has 1 aromatic rings. The van der Waals surface area contributed by atoms with E-state index < -0.39 is 5.60 Å². The molecule has 0 spiro atoms. The van der Waals surface area contributed by atoms with E-state index >= 15 is 0 Å². The first kappa shape index (κ1) is 13.7. The minimum Gasteiger partial charge on any atom is -0.382 e. The Morgan fingerprint density at radius 3 is 2.53 bits per heavy atom. The van der Waals surface area contributed by atoms with Gasteiger partial charge in [-0.15, -0.1) is 0 Å². The van der Waals surface area contributed by atoms with Crippen LogP contribution in [0, 0.1) is 0 Å². The number of ether oxygens (including phenoxy) is 1. The van der Waals surface area contributed by atoms with Crippen LogP contribution in [0.4, 0.5) is 5.82 Å². The van der Waals surface area contributed by atoms with Gasteiger partial charge in [0.1, 0.15) is 0 Å². The van der Waals surface area contributed by atoms with Gasteiger partial charge >= 0.3 is 0 Å². The minimum atomic E-state index is -0.421. The summed E-state index contributed by atoms with van der Waals surface area (Å²) < 4.78 is 5.93. The molecular formula is C13H20N4O2. The van der Waals surface area contributed by atoms with Crippen molar-refractivity contribution in [2.24, 2.45) is 0 Å². The highest BCUT2D eigenvalue weighted by molar-refractivity contribution is 5.96. The average molecular weight is 264 g/mol. The number of anilines is 1. The molecule has 0 aliphatic carbocycles. The summed E-state index contributed by atoms with van der Waals surface area (Å²) in [5.41, 5.74) is 5.13. The Balaban J connectivity index is 2.14. The SMILES string of the molecule is CC1(C)CC(NC(=O)c2nccnc2N)C(C)(C)O1. The van der Waals surface area contributed by atoms with Crippen molar-refractivity contribution in [2.45, 2.75) is 51.4 Å². The third-order valence-corrected chi connectivity index (χ3v) is 3.32. The van der Waals surface area contributed by atoms with Gasteiger partial charge in [0.15, 0.2) is 11.5 Å². The van der Waals surface area contributed by atoms with Crippen molar-refractivity contribution in [1.82, 2.24) is 15.3 Å². The predicted molar refractivity (Wildman–Crippen MR) is 71.6 cm³/mol. The molecule has 1 unspecified atom stereocenters. The standard InChI is InChI=1S/C13H20N4O2/c1-12(2)7-8(13(3,4)19-12)17-11(18)9-10(14)16-6-5-15-9/h5-6,8H,7H2,1-4H3,(H2,14,16)(H,17,18). The van der Waals surface area contributed by atoms with Crippen LogP contribution in [-0.2, 0) is 4.74 Å². The van der Waals surface area contributed by atoms with Gasteiger partial charge in [-0.05, 0) is 34.1 Å². The van der Waals surface area contributed by atoms with Crippen molar-refractivity contribution >= 4 is 11.7 Å². The molecule has 0 radical (unpaired) electrons. The number of amides is 1. The first-order valence-corrected chi connectivity index (χ1v) is 6.29. The van der Waals surface area contributed by atoms with Crippen LogP contribution in [0.3, 0.4) is 0 Å². The number of nitrogen functional groups attached to an aromatic ring is 1. The van der Waals surface area contributed by atoms with E-state index in [-0.39, 0.29) is 29.1 Å². The molecule has 104 valence electrons. The Morgan fingerprint density at radius 1 is 1.37 bits per heavy atom. The van der Waals surface area contributed by atoms with Gasteiger partial charge in [0.2, 0.25) is 0 Å². The molecule has 1 atom stereocenters. The Labute approximate surface area is 112 Å². The summed E-state index contributed by atoms with van der Waals surface area (Å²) in [5.74, 6) is -0.180. The van der Waals surface area contributed by atoms with E-state index in [4.69, 9.17) is 10.5 Å². The van der Waals surface area contributed by atoms with Crippen LogP contribution < -0.4 is 11.1 Å². The van der Waals surface area contributed by atoms with Gasteiger partial charge in [-0.25, -0.2) is 9.97 Å². The Bertz CT molecular complexity index is 499. The maximum atomic E-state index is 12.2. The van der Waals surface area contributed by atoms with Crippen LogP contribution in [0.15, 0.2) is 12.4 Å². The van der Waals surface area contributed by atoms with Crippen LogP contribution in [-0.4, -0.2) is 33.1 Å². The van der Waals surface area contributed by atoms with Gasteiger partial charge in [0.25, 0.3) is 5.91 Å². The van der Waals surface area contributed by atoms with Crippen LogP contribution >= 0.6 is 0 Å². The topological polar surface area (TPSA) is 90.1 Å². The van der Waals surface area contributed by atoms with E-state index in [0.29, 0.717) is 0 Å². The highest BCUT2D eigenvalue weighted by Crippen LogP contribution is 2.37. The Kier molecular flexibility index (Phi) is 3.22. The van der Waals surface area contributed by atoms with E-state index in [9.17, 15) is 4.79 Å². The molecule has 2 rings (SSSR count). The molecule has 1 fully saturated rings. The summed E-state index contributed by atoms with van der Waals surface area (Å²) in [4.78, 5) is 20.0. The number of hydrogen-bond donors (Lipinski definition) is 2. The van der Waals surface area contributed by atoms with Gasteiger partial charge < -0.3 is 15.8 Å². The second kappa shape index (κ2) is 4.45. The highest BCUT2D eigenvalue weighted by Gasteiger charge is 2.46. The third-order valence-electron chi connectivity index (χ3n) is 3.32. The molecule has 1 aliphatic rings. The van der Waals surface area contributed by atoms with Crippen LogP contribution in [0.1, 0.15) is 44.6 Å². The molecule has 6 nitrogen and oxygen atoms in total. The lowest BCUT2D eigenvalue weighted by Gasteiger charge is -2.27. The molecule has 1 amide bonds. The molecular weight excluding hydrogens is 244 g/mol. The summed E-state index contributed by atoms with van der Waals surface area (Å²) in [5, 5.41) is 2.94. The van der Waals surface area contributed by atoms with Crippen molar-refractivity contribution in [2.75, 3.05) is 5.73 Å². The summed E-state index contributed by atoms with van der Waals surface area (Å²) in [6.07, 6.45) is 3.65. The first-order chi connectivity index (χ1) is 8.71. The fourth-order valence-electron chi connectivity index (χ4n) is 2.54. The molecule has 0 bridgehead atoms. The first-order valence-electron chi connectivity index (χ1n) is 6.29. The fraction of sp³-hybridized carbons (Fsp3) is 0.615. The second-order valence-corrected chi connectivity index (χ2v) is 5.99. The highest BCUT2D eigenvalue weighted by atomic mass is 16.5. The van der Waals surface area contributed by atoms with Gasteiger partial charge in [-0.2, -0.15) is 0 Å². The fourth-order valence-corrected chi connectivity index (χ4v) is 2.54. The minimum absolute atomic E-state index is 0.0867. The molecule has 1 aromatic heterocycles. The van der Waals surface area contributed by atoms with Crippen molar-refractivity contribution in [3.8, 4) is 0 Å². The van der Waals surface area contributed by atoms with Crippen LogP contribution in [0.5, 0.6) is 0 Å². The predicted octanol–water partition coefficient (Wildman–Crippen LogP) is 1.13. The summed E-state index contributed by atoms with van der Waals surface area (Å²) in [6.45, 7) is 7.95. The lowest BCUT2D eigenvalue weighted by atomic mass is 9.94. The van der Waals surface area contributed by atoms with Gasteiger partial charge in [-0.3, -0.25) is 4.79 Å². The number of hydrogen-bond acceptors (Lipinski definition) is 5. The van der Waals surface area contributed by atoms with Gasteiger partial charge in [-0.1, -0.05) is 0 Å². The lowest BCUT2D eigenvalue weighted by Crippen LogP contribution is -2.46. The summed E-state index contributed by atoms with van der Waals surface area (Å²) in [7, 11) is 0.